The molecule has 1 aliphatic carbocycles. The minimum absolute atomic E-state index is 0.992. The average Bonchev–Trinajstić information content (AvgIpc) is 2.17. The largest absolute Gasteiger partial charge is 0.262 e. The SMILES string of the molecule is CC=NC1=CCC=C(C)C=C1. The van der Waals surface area contributed by atoms with Gasteiger partial charge >= 0.3 is 0 Å². The van der Waals surface area contributed by atoms with Gasteiger partial charge in [-0.2, -0.15) is 0 Å². The molecule has 1 heteroatoms. The zero-order chi connectivity index (χ0) is 8.10. The second kappa shape index (κ2) is 3.91. The average molecular weight is 147 g/mol. The van der Waals surface area contributed by atoms with E-state index < -0.39 is 0 Å². The van der Waals surface area contributed by atoms with Crippen LogP contribution in [0.2, 0.25) is 0 Å². The molecule has 0 amide bonds. The Labute approximate surface area is 67.8 Å². The Morgan fingerprint density at radius 1 is 1.36 bits per heavy atom. The van der Waals surface area contributed by atoms with Crippen molar-refractivity contribution in [3.05, 3.63) is 35.6 Å². The van der Waals surface area contributed by atoms with Crippen LogP contribution in [-0.4, -0.2) is 6.21 Å². The van der Waals surface area contributed by atoms with E-state index in [1.807, 2.05) is 19.2 Å². The Bertz CT molecular complexity index is 242. The van der Waals surface area contributed by atoms with Crippen LogP contribution in [0.25, 0.3) is 0 Å². The van der Waals surface area contributed by atoms with Gasteiger partial charge in [0.15, 0.2) is 0 Å². The zero-order valence-corrected chi connectivity index (χ0v) is 7.04. The van der Waals surface area contributed by atoms with Crippen LogP contribution in [0.5, 0.6) is 0 Å². The van der Waals surface area contributed by atoms with Gasteiger partial charge in [-0.3, -0.25) is 4.99 Å². The predicted octanol–water partition coefficient (Wildman–Crippen LogP) is 2.87. The van der Waals surface area contributed by atoms with Crippen molar-refractivity contribution in [2.75, 3.05) is 0 Å². The van der Waals surface area contributed by atoms with Crippen LogP contribution < -0.4 is 0 Å². The molecule has 0 bridgehead atoms. The van der Waals surface area contributed by atoms with E-state index in [0.29, 0.717) is 0 Å². The van der Waals surface area contributed by atoms with Crippen molar-refractivity contribution >= 4 is 6.21 Å². The van der Waals surface area contributed by atoms with Gasteiger partial charge in [-0.15, -0.1) is 0 Å². The molecule has 0 aliphatic heterocycles. The van der Waals surface area contributed by atoms with Crippen LogP contribution in [0.15, 0.2) is 40.6 Å². The number of rotatable bonds is 1. The molecule has 0 unspecified atom stereocenters. The second-order valence-corrected chi connectivity index (χ2v) is 2.53. The van der Waals surface area contributed by atoms with Gasteiger partial charge in [-0.05, 0) is 26.3 Å². The molecule has 0 radical (unpaired) electrons. The van der Waals surface area contributed by atoms with Gasteiger partial charge in [-0.1, -0.05) is 23.8 Å². The second-order valence-electron chi connectivity index (χ2n) is 2.53. The lowest BCUT2D eigenvalue weighted by Gasteiger charge is -1.87. The van der Waals surface area contributed by atoms with E-state index in [2.05, 4.69) is 30.1 Å². The van der Waals surface area contributed by atoms with Crippen molar-refractivity contribution in [2.24, 2.45) is 4.99 Å². The maximum absolute atomic E-state index is 4.19. The van der Waals surface area contributed by atoms with Crippen LogP contribution in [0.3, 0.4) is 0 Å². The fourth-order valence-electron chi connectivity index (χ4n) is 0.963. The van der Waals surface area contributed by atoms with E-state index in [9.17, 15) is 0 Å². The summed E-state index contributed by atoms with van der Waals surface area (Å²) < 4.78 is 0. The fraction of sp³-hybridized carbons (Fsp3) is 0.300. The molecule has 11 heavy (non-hydrogen) atoms. The van der Waals surface area contributed by atoms with E-state index in [0.717, 1.165) is 12.1 Å². The Balaban J connectivity index is 2.73. The predicted molar refractivity (Wildman–Crippen MR) is 49.8 cm³/mol. The summed E-state index contributed by atoms with van der Waals surface area (Å²) in [4.78, 5) is 4.19. The summed E-state index contributed by atoms with van der Waals surface area (Å²) >= 11 is 0. The van der Waals surface area contributed by atoms with E-state index in [1.165, 1.54) is 5.57 Å². The monoisotopic (exact) mass is 147 g/mol. The standard InChI is InChI=1S/C10H13N/c1-3-11-10-6-4-5-9(2)7-8-10/h3,5-8H,4H2,1-2H3. The number of allylic oxidation sites excluding steroid dienone is 5. The summed E-state index contributed by atoms with van der Waals surface area (Å²) in [6.45, 7) is 4.03. The van der Waals surface area contributed by atoms with Gasteiger partial charge in [0.25, 0.3) is 0 Å². The van der Waals surface area contributed by atoms with Crippen molar-refractivity contribution < 1.29 is 0 Å². The van der Waals surface area contributed by atoms with E-state index in [1.54, 1.807) is 0 Å². The van der Waals surface area contributed by atoms with Gasteiger partial charge in [0, 0.05) is 6.21 Å². The molecule has 0 atom stereocenters. The highest BCUT2D eigenvalue weighted by molar-refractivity contribution is 5.56. The van der Waals surface area contributed by atoms with Crippen molar-refractivity contribution in [2.45, 2.75) is 20.3 Å². The van der Waals surface area contributed by atoms with Gasteiger partial charge in [0.05, 0.1) is 5.70 Å². The van der Waals surface area contributed by atoms with Crippen LogP contribution in [0, 0.1) is 0 Å². The Kier molecular flexibility index (Phi) is 2.84. The highest BCUT2D eigenvalue weighted by Crippen LogP contribution is 2.10. The summed E-state index contributed by atoms with van der Waals surface area (Å²) in [7, 11) is 0. The molecule has 0 N–H and O–H groups in total. The lowest BCUT2D eigenvalue weighted by molar-refractivity contribution is 1.30. The molecule has 58 valence electrons. The molecular weight excluding hydrogens is 134 g/mol. The first-order chi connectivity index (χ1) is 5.33. The summed E-state index contributed by atoms with van der Waals surface area (Å²) in [6.07, 6.45) is 11.2. The Hall–Kier alpha value is -1.11. The number of nitrogens with zero attached hydrogens (tertiary/aromatic N) is 1. The molecule has 0 heterocycles. The molecule has 0 aromatic carbocycles. The van der Waals surface area contributed by atoms with E-state index >= 15 is 0 Å². The molecule has 0 saturated carbocycles. The number of aliphatic imine (C=N–C) groups is 1. The van der Waals surface area contributed by atoms with Crippen LogP contribution in [-0.2, 0) is 0 Å². The van der Waals surface area contributed by atoms with Gasteiger partial charge in [-0.25, -0.2) is 0 Å². The number of hydrogen-bond acceptors (Lipinski definition) is 1. The molecule has 0 aromatic rings. The minimum atomic E-state index is 0.992. The van der Waals surface area contributed by atoms with Crippen LogP contribution in [0.4, 0.5) is 0 Å². The third kappa shape index (κ3) is 2.54. The van der Waals surface area contributed by atoms with Crippen molar-refractivity contribution in [1.29, 1.82) is 0 Å². The summed E-state index contributed by atoms with van der Waals surface area (Å²) in [5, 5.41) is 0. The van der Waals surface area contributed by atoms with E-state index in [-0.39, 0.29) is 0 Å². The quantitative estimate of drug-likeness (QED) is 0.506. The summed E-state index contributed by atoms with van der Waals surface area (Å²) in [6, 6.07) is 0. The smallest absolute Gasteiger partial charge is 0.0588 e. The number of hydrogen-bond donors (Lipinski definition) is 0. The first-order valence-corrected chi connectivity index (χ1v) is 3.86. The third-order valence-corrected chi connectivity index (χ3v) is 1.56. The minimum Gasteiger partial charge on any atom is -0.262 e. The molecule has 0 spiro atoms. The lowest BCUT2D eigenvalue weighted by atomic mass is 10.2. The molecule has 0 saturated heterocycles. The maximum atomic E-state index is 4.19. The topological polar surface area (TPSA) is 12.4 Å². The molecule has 0 fully saturated rings. The van der Waals surface area contributed by atoms with Gasteiger partial charge in [0.2, 0.25) is 0 Å². The molecule has 1 rings (SSSR count). The first kappa shape index (κ1) is 7.99. The normalized spacial score (nSPS) is 18.0. The summed E-state index contributed by atoms with van der Waals surface area (Å²) in [5.74, 6) is 0. The highest BCUT2D eigenvalue weighted by Gasteiger charge is 1.91. The molecular formula is C10H13N. The lowest BCUT2D eigenvalue weighted by Crippen LogP contribution is -1.70. The Morgan fingerprint density at radius 2 is 2.18 bits per heavy atom. The molecule has 1 aliphatic rings. The highest BCUT2D eigenvalue weighted by atomic mass is 14.7. The maximum Gasteiger partial charge on any atom is 0.0588 e. The van der Waals surface area contributed by atoms with Gasteiger partial charge in [0.1, 0.15) is 0 Å². The first-order valence-electron chi connectivity index (χ1n) is 3.86. The van der Waals surface area contributed by atoms with Crippen molar-refractivity contribution in [3.8, 4) is 0 Å². The zero-order valence-electron chi connectivity index (χ0n) is 7.04. The van der Waals surface area contributed by atoms with Gasteiger partial charge < -0.3 is 0 Å². The van der Waals surface area contributed by atoms with Crippen LogP contribution in [0.1, 0.15) is 20.3 Å². The Morgan fingerprint density at radius 3 is 2.91 bits per heavy atom. The molecule has 1 nitrogen and oxygen atoms in total. The third-order valence-electron chi connectivity index (χ3n) is 1.56. The van der Waals surface area contributed by atoms with Crippen LogP contribution >= 0.6 is 0 Å². The fourth-order valence-corrected chi connectivity index (χ4v) is 0.963. The van der Waals surface area contributed by atoms with Crippen molar-refractivity contribution in [3.63, 3.8) is 0 Å². The summed E-state index contributed by atoms with van der Waals surface area (Å²) in [5.41, 5.74) is 2.36. The van der Waals surface area contributed by atoms with E-state index in [4.69, 9.17) is 0 Å². The molecule has 0 aromatic heterocycles. The van der Waals surface area contributed by atoms with Crippen molar-refractivity contribution in [1.82, 2.24) is 0 Å².